The summed E-state index contributed by atoms with van der Waals surface area (Å²) in [4.78, 5) is 11.7. The van der Waals surface area contributed by atoms with Crippen molar-refractivity contribution in [2.24, 2.45) is 5.92 Å². The molecule has 1 aliphatic rings. The molecule has 1 heterocycles. The van der Waals surface area contributed by atoms with Gasteiger partial charge in [0, 0.05) is 30.4 Å². The van der Waals surface area contributed by atoms with Gasteiger partial charge in [0.1, 0.15) is 10.7 Å². The summed E-state index contributed by atoms with van der Waals surface area (Å²) in [5.41, 5.74) is -0.222. The zero-order valence-corrected chi connectivity index (χ0v) is 16.9. The van der Waals surface area contributed by atoms with Gasteiger partial charge in [-0.3, -0.25) is 4.79 Å². The third-order valence-electron chi connectivity index (χ3n) is 5.10. The van der Waals surface area contributed by atoms with Crippen molar-refractivity contribution in [3.63, 3.8) is 0 Å². The molecule has 3 rings (SSSR count). The van der Waals surface area contributed by atoms with Crippen molar-refractivity contribution in [1.29, 1.82) is 0 Å². The lowest BCUT2D eigenvalue weighted by Gasteiger charge is -2.23. The predicted molar refractivity (Wildman–Crippen MR) is 104 cm³/mol. The molecule has 30 heavy (non-hydrogen) atoms. The van der Waals surface area contributed by atoms with E-state index in [0.29, 0.717) is 12.8 Å². The smallest absolute Gasteiger partial charge is 0.255 e. The monoisotopic (exact) mass is 442 g/mol. The molecule has 10 heteroatoms. The summed E-state index contributed by atoms with van der Waals surface area (Å²) in [6.07, 6.45) is 0.257. The van der Waals surface area contributed by atoms with Crippen molar-refractivity contribution < 1.29 is 31.5 Å². The Morgan fingerprint density at radius 2 is 1.80 bits per heavy atom. The van der Waals surface area contributed by atoms with Crippen LogP contribution in [0, 0.1) is 23.4 Å². The molecule has 1 unspecified atom stereocenters. The van der Waals surface area contributed by atoms with Gasteiger partial charge in [-0.2, -0.15) is 4.31 Å². The second-order valence-electron chi connectivity index (χ2n) is 7.28. The molecule has 0 saturated carbocycles. The molecule has 0 bridgehead atoms. The van der Waals surface area contributed by atoms with E-state index >= 15 is 0 Å². The number of sulfonamides is 1. The molecule has 2 atom stereocenters. The van der Waals surface area contributed by atoms with Crippen LogP contribution in [0.1, 0.15) is 30.1 Å². The summed E-state index contributed by atoms with van der Waals surface area (Å²) in [5, 5.41) is 12.4. The minimum absolute atomic E-state index is 0.0442. The summed E-state index contributed by atoms with van der Waals surface area (Å²) < 4.78 is 67.7. The highest BCUT2D eigenvalue weighted by Gasteiger charge is 2.33. The lowest BCUT2D eigenvalue weighted by molar-refractivity contribution is 0.102. The number of hydrogen-bond donors (Lipinski definition) is 2. The molecule has 1 aliphatic heterocycles. The first-order valence-electron chi connectivity index (χ1n) is 9.34. The molecule has 1 fully saturated rings. The summed E-state index contributed by atoms with van der Waals surface area (Å²) in [6.45, 7) is 1.76. The van der Waals surface area contributed by atoms with Crippen LogP contribution >= 0.6 is 0 Å². The van der Waals surface area contributed by atoms with Gasteiger partial charge < -0.3 is 10.4 Å². The van der Waals surface area contributed by atoms with Crippen LogP contribution in [-0.4, -0.2) is 42.9 Å². The van der Waals surface area contributed by atoms with Crippen LogP contribution in [0.4, 0.5) is 18.9 Å². The van der Waals surface area contributed by atoms with Gasteiger partial charge in [0.25, 0.3) is 5.91 Å². The van der Waals surface area contributed by atoms with Gasteiger partial charge in [-0.1, -0.05) is 6.92 Å². The maximum atomic E-state index is 14.4. The van der Waals surface area contributed by atoms with Crippen molar-refractivity contribution in [3.05, 3.63) is 59.4 Å². The Bertz CT molecular complexity index is 1060. The van der Waals surface area contributed by atoms with Crippen LogP contribution in [0.5, 0.6) is 0 Å². The Kier molecular flexibility index (Phi) is 6.49. The van der Waals surface area contributed by atoms with Gasteiger partial charge in [-0.05, 0) is 49.1 Å². The number of nitrogens with one attached hydrogen (secondary N) is 1. The Balaban J connectivity index is 1.88. The molecule has 2 N–H and O–H groups in total. The van der Waals surface area contributed by atoms with Crippen LogP contribution < -0.4 is 5.32 Å². The van der Waals surface area contributed by atoms with E-state index in [0.717, 1.165) is 40.7 Å². The van der Waals surface area contributed by atoms with E-state index in [-0.39, 0.29) is 30.3 Å². The van der Waals surface area contributed by atoms with Crippen LogP contribution in [0.3, 0.4) is 0 Å². The highest BCUT2D eigenvalue weighted by molar-refractivity contribution is 7.89. The average Bonchev–Trinajstić information content (AvgIpc) is 2.86. The quantitative estimate of drug-likeness (QED) is 0.762. The van der Waals surface area contributed by atoms with Crippen LogP contribution in [0.25, 0.3) is 0 Å². The summed E-state index contributed by atoms with van der Waals surface area (Å²) >= 11 is 0. The van der Waals surface area contributed by atoms with Crippen molar-refractivity contribution in [2.45, 2.75) is 30.8 Å². The third kappa shape index (κ3) is 4.66. The molecule has 162 valence electrons. The van der Waals surface area contributed by atoms with Crippen molar-refractivity contribution in [1.82, 2.24) is 4.31 Å². The summed E-state index contributed by atoms with van der Waals surface area (Å²) in [6, 6.07) is 5.57. The van der Waals surface area contributed by atoms with Gasteiger partial charge in [-0.15, -0.1) is 0 Å². The van der Waals surface area contributed by atoms with Gasteiger partial charge in [0.05, 0.1) is 6.10 Å². The average molecular weight is 442 g/mol. The maximum Gasteiger partial charge on any atom is 0.255 e. The predicted octanol–water partition coefficient (Wildman–Crippen LogP) is 3.14. The highest BCUT2D eigenvalue weighted by atomic mass is 32.2. The van der Waals surface area contributed by atoms with Gasteiger partial charge in [0.15, 0.2) is 11.6 Å². The third-order valence-corrected chi connectivity index (χ3v) is 6.98. The number of benzene rings is 2. The van der Waals surface area contributed by atoms with Crippen LogP contribution in [0.15, 0.2) is 41.3 Å². The fourth-order valence-electron chi connectivity index (χ4n) is 3.24. The van der Waals surface area contributed by atoms with E-state index in [2.05, 4.69) is 5.32 Å². The molecule has 0 aromatic heterocycles. The van der Waals surface area contributed by atoms with E-state index in [9.17, 15) is 31.5 Å². The number of anilines is 1. The zero-order valence-electron chi connectivity index (χ0n) is 16.1. The van der Waals surface area contributed by atoms with Gasteiger partial charge in [0.2, 0.25) is 10.0 Å². The number of carbonyl (C=O) groups is 1. The summed E-state index contributed by atoms with van der Waals surface area (Å²) in [5.74, 6) is -4.20. The molecule has 0 aliphatic carbocycles. The van der Waals surface area contributed by atoms with Gasteiger partial charge >= 0.3 is 0 Å². The van der Waals surface area contributed by atoms with Crippen molar-refractivity contribution >= 4 is 21.6 Å². The first kappa shape index (κ1) is 22.3. The lowest BCUT2D eigenvalue weighted by atomic mass is 10.0. The number of rotatable bonds is 4. The highest BCUT2D eigenvalue weighted by Crippen LogP contribution is 2.26. The molecule has 1 amide bonds. The number of halogens is 3. The molecular weight excluding hydrogens is 421 g/mol. The topological polar surface area (TPSA) is 86.7 Å². The zero-order chi connectivity index (χ0) is 22.1. The molecule has 6 nitrogen and oxygen atoms in total. The Morgan fingerprint density at radius 1 is 1.10 bits per heavy atom. The Labute approximate surface area is 172 Å². The standard InChI is InChI=1S/C20H21F3N2O4S/c1-12-3-2-8-25(11-18(12)26)30(28,29)19-9-13(4-6-16(19)22)20(27)24-14-5-7-15(21)17(23)10-14/h4-7,9-10,12,18,26H,2-3,8,11H2,1H3,(H,24,27)/t12?,18-/m1/s1. The fourth-order valence-corrected chi connectivity index (χ4v) is 4.83. The Morgan fingerprint density at radius 3 is 2.50 bits per heavy atom. The van der Waals surface area contributed by atoms with E-state index in [4.69, 9.17) is 0 Å². The lowest BCUT2D eigenvalue weighted by Crippen LogP contribution is -2.38. The van der Waals surface area contributed by atoms with E-state index in [1.165, 1.54) is 0 Å². The van der Waals surface area contributed by atoms with Gasteiger partial charge in [-0.25, -0.2) is 21.6 Å². The first-order valence-corrected chi connectivity index (χ1v) is 10.8. The molecule has 2 aromatic carbocycles. The minimum atomic E-state index is -4.30. The van der Waals surface area contributed by atoms with E-state index in [1.807, 2.05) is 6.92 Å². The van der Waals surface area contributed by atoms with Crippen molar-refractivity contribution in [3.8, 4) is 0 Å². The number of amides is 1. The molecular formula is C20H21F3N2O4S. The van der Waals surface area contributed by atoms with Crippen LogP contribution in [0.2, 0.25) is 0 Å². The van der Waals surface area contributed by atoms with Crippen LogP contribution in [-0.2, 0) is 10.0 Å². The number of aliphatic hydroxyl groups is 1. The second-order valence-corrected chi connectivity index (χ2v) is 9.18. The van der Waals surface area contributed by atoms with Crippen molar-refractivity contribution in [2.75, 3.05) is 18.4 Å². The maximum absolute atomic E-state index is 14.4. The number of carbonyl (C=O) groups excluding carboxylic acids is 1. The fraction of sp³-hybridized carbons (Fsp3) is 0.350. The number of β-amino-alcohol motifs (C(OH)–C–C–N with tert-alkyl or cyclic N) is 1. The number of aliphatic hydroxyl groups excluding tert-OH is 1. The molecule has 0 radical (unpaired) electrons. The first-order chi connectivity index (χ1) is 14.1. The second kappa shape index (κ2) is 8.75. The molecule has 0 spiro atoms. The Hall–Kier alpha value is -2.43. The SMILES string of the molecule is CC1CCCN(S(=O)(=O)c2cc(C(=O)Nc3ccc(F)c(F)c3)ccc2F)C[C@H]1O. The van der Waals surface area contributed by atoms with E-state index < -0.39 is 44.4 Å². The molecule has 2 aromatic rings. The minimum Gasteiger partial charge on any atom is -0.391 e. The largest absolute Gasteiger partial charge is 0.391 e. The summed E-state index contributed by atoms with van der Waals surface area (Å²) in [7, 11) is -4.30. The van der Waals surface area contributed by atoms with E-state index in [1.54, 1.807) is 0 Å². The normalized spacial score (nSPS) is 20.6. The number of hydrogen-bond acceptors (Lipinski definition) is 4. The number of nitrogens with zero attached hydrogens (tertiary/aromatic N) is 1. The molecule has 1 saturated heterocycles.